The summed E-state index contributed by atoms with van der Waals surface area (Å²) >= 11 is 0. The van der Waals surface area contributed by atoms with Crippen molar-refractivity contribution in [3.8, 4) is 5.75 Å². The van der Waals surface area contributed by atoms with Crippen molar-refractivity contribution in [2.45, 2.75) is 13.8 Å². The molecule has 1 amide bonds. The van der Waals surface area contributed by atoms with E-state index < -0.39 is 11.4 Å². The first-order chi connectivity index (χ1) is 8.81. The number of rotatable bonds is 5. The Morgan fingerprint density at radius 1 is 1.42 bits per heavy atom. The molecular formula is C13H18N2O4. The van der Waals surface area contributed by atoms with Gasteiger partial charge in [-0.25, -0.2) is 4.79 Å². The molecule has 0 aliphatic heterocycles. The zero-order valence-corrected chi connectivity index (χ0v) is 11.2. The average molecular weight is 266 g/mol. The molecule has 4 N–H and O–H groups in total. The van der Waals surface area contributed by atoms with Crippen molar-refractivity contribution in [1.82, 2.24) is 0 Å². The molecule has 1 aromatic carbocycles. The Labute approximate surface area is 111 Å². The lowest BCUT2D eigenvalue weighted by Crippen LogP contribution is -2.37. The third kappa shape index (κ3) is 3.45. The van der Waals surface area contributed by atoms with E-state index in [9.17, 15) is 9.59 Å². The highest BCUT2D eigenvalue weighted by atomic mass is 16.5. The molecule has 104 valence electrons. The van der Waals surface area contributed by atoms with E-state index in [0.29, 0.717) is 11.4 Å². The van der Waals surface area contributed by atoms with Gasteiger partial charge in [0.1, 0.15) is 5.75 Å². The first kappa shape index (κ1) is 15.0. The molecule has 0 aliphatic carbocycles. The third-order valence-corrected chi connectivity index (χ3v) is 2.82. The second kappa shape index (κ2) is 5.71. The minimum absolute atomic E-state index is 0.0710. The number of nitrogens with two attached hydrogens (primary N) is 1. The van der Waals surface area contributed by atoms with Crippen LogP contribution in [-0.2, 0) is 4.79 Å². The monoisotopic (exact) mass is 266 g/mol. The number of carbonyl (C=O) groups excluding carboxylic acids is 1. The van der Waals surface area contributed by atoms with Crippen LogP contribution in [0.15, 0.2) is 18.2 Å². The molecule has 0 bridgehead atoms. The smallest absolute Gasteiger partial charge is 0.335 e. The summed E-state index contributed by atoms with van der Waals surface area (Å²) in [7, 11) is 1.44. The standard InChI is InChI=1S/C13H18N2O4/c1-13(2,7-14)12(18)15-9-6-8(11(16)17)4-5-10(9)19-3/h4-6H,7,14H2,1-3H3,(H,15,18)(H,16,17). The average Bonchev–Trinajstić information content (AvgIpc) is 2.38. The molecule has 0 spiro atoms. The molecular weight excluding hydrogens is 248 g/mol. The SMILES string of the molecule is COc1ccc(C(=O)O)cc1NC(=O)C(C)(C)CN. The van der Waals surface area contributed by atoms with Gasteiger partial charge in [0.25, 0.3) is 0 Å². The number of amides is 1. The zero-order chi connectivity index (χ0) is 14.6. The van der Waals surface area contributed by atoms with Crippen molar-refractivity contribution in [3.05, 3.63) is 23.8 Å². The second-order valence-corrected chi connectivity index (χ2v) is 4.76. The van der Waals surface area contributed by atoms with Crippen LogP contribution in [0.1, 0.15) is 24.2 Å². The van der Waals surface area contributed by atoms with Crippen molar-refractivity contribution < 1.29 is 19.4 Å². The highest BCUT2D eigenvalue weighted by Crippen LogP contribution is 2.27. The molecule has 0 aliphatic rings. The fourth-order valence-electron chi connectivity index (χ4n) is 1.32. The molecule has 0 fully saturated rings. The summed E-state index contributed by atoms with van der Waals surface area (Å²) < 4.78 is 5.09. The molecule has 0 atom stereocenters. The van der Waals surface area contributed by atoms with Gasteiger partial charge in [-0.15, -0.1) is 0 Å². The van der Waals surface area contributed by atoms with Gasteiger partial charge < -0.3 is 20.9 Å². The lowest BCUT2D eigenvalue weighted by atomic mass is 9.92. The van der Waals surface area contributed by atoms with E-state index in [1.54, 1.807) is 13.8 Å². The zero-order valence-electron chi connectivity index (χ0n) is 11.2. The fraction of sp³-hybridized carbons (Fsp3) is 0.385. The maximum absolute atomic E-state index is 12.0. The Bertz CT molecular complexity index is 497. The van der Waals surface area contributed by atoms with E-state index >= 15 is 0 Å². The molecule has 0 saturated carbocycles. The van der Waals surface area contributed by atoms with E-state index in [1.807, 2.05) is 0 Å². The number of benzene rings is 1. The van der Waals surface area contributed by atoms with Gasteiger partial charge in [0, 0.05) is 6.54 Å². The number of hydrogen-bond acceptors (Lipinski definition) is 4. The molecule has 0 aromatic heterocycles. The van der Waals surface area contributed by atoms with E-state index in [0.717, 1.165) is 0 Å². The Balaban J connectivity index is 3.08. The maximum Gasteiger partial charge on any atom is 0.335 e. The van der Waals surface area contributed by atoms with Crippen LogP contribution < -0.4 is 15.8 Å². The van der Waals surface area contributed by atoms with E-state index in [-0.39, 0.29) is 18.0 Å². The molecule has 0 heterocycles. The highest BCUT2D eigenvalue weighted by Gasteiger charge is 2.26. The lowest BCUT2D eigenvalue weighted by molar-refractivity contribution is -0.123. The second-order valence-electron chi connectivity index (χ2n) is 4.76. The summed E-state index contributed by atoms with van der Waals surface area (Å²) in [5, 5.41) is 11.6. The minimum atomic E-state index is -1.07. The van der Waals surface area contributed by atoms with Crippen molar-refractivity contribution in [1.29, 1.82) is 0 Å². The van der Waals surface area contributed by atoms with Gasteiger partial charge >= 0.3 is 5.97 Å². The quantitative estimate of drug-likeness (QED) is 0.746. The summed E-state index contributed by atoms with van der Waals surface area (Å²) in [5.74, 6) is -0.974. The predicted molar refractivity (Wildman–Crippen MR) is 71.4 cm³/mol. The van der Waals surface area contributed by atoms with Crippen molar-refractivity contribution in [3.63, 3.8) is 0 Å². The molecule has 1 rings (SSSR count). The predicted octanol–water partition coefficient (Wildman–Crippen LogP) is 1.32. The Hall–Kier alpha value is -2.08. The van der Waals surface area contributed by atoms with Crippen LogP contribution >= 0.6 is 0 Å². The molecule has 6 heteroatoms. The van der Waals surface area contributed by atoms with Crippen molar-refractivity contribution in [2.75, 3.05) is 19.0 Å². The Morgan fingerprint density at radius 3 is 2.53 bits per heavy atom. The molecule has 6 nitrogen and oxygen atoms in total. The third-order valence-electron chi connectivity index (χ3n) is 2.82. The van der Waals surface area contributed by atoms with Crippen LogP contribution in [-0.4, -0.2) is 30.6 Å². The van der Waals surface area contributed by atoms with Gasteiger partial charge in [-0.2, -0.15) is 0 Å². The number of hydrogen-bond donors (Lipinski definition) is 3. The summed E-state index contributed by atoms with van der Waals surface area (Å²) in [6.45, 7) is 3.59. The number of carbonyl (C=O) groups is 2. The van der Waals surface area contributed by atoms with Crippen molar-refractivity contribution in [2.24, 2.45) is 11.1 Å². The van der Waals surface area contributed by atoms with E-state index in [1.165, 1.54) is 25.3 Å². The fourth-order valence-corrected chi connectivity index (χ4v) is 1.32. The van der Waals surface area contributed by atoms with Crippen LogP contribution in [0.2, 0.25) is 0 Å². The largest absolute Gasteiger partial charge is 0.495 e. The van der Waals surface area contributed by atoms with Gasteiger partial charge in [0.05, 0.1) is 23.8 Å². The topological polar surface area (TPSA) is 102 Å². The van der Waals surface area contributed by atoms with Gasteiger partial charge in [0.15, 0.2) is 0 Å². The van der Waals surface area contributed by atoms with Crippen LogP contribution in [0.3, 0.4) is 0 Å². The summed E-state index contributed by atoms with van der Waals surface area (Å²) in [5.41, 5.74) is 5.16. The number of ether oxygens (including phenoxy) is 1. The van der Waals surface area contributed by atoms with Gasteiger partial charge in [-0.3, -0.25) is 4.79 Å². The summed E-state index contributed by atoms with van der Waals surface area (Å²) in [6, 6.07) is 4.26. The van der Waals surface area contributed by atoms with Gasteiger partial charge in [0.2, 0.25) is 5.91 Å². The number of aromatic carboxylic acids is 1. The molecule has 0 radical (unpaired) electrons. The number of carboxylic acid groups (broad SMARTS) is 1. The van der Waals surface area contributed by atoms with Gasteiger partial charge in [-0.05, 0) is 32.0 Å². The van der Waals surface area contributed by atoms with Crippen LogP contribution in [0, 0.1) is 5.41 Å². The first-order valence-corrected chi connectivity index (χ1v) is 5.74. The molecule has 19 heavy (non-hydrogen) atoms. The maximum atomic E-state index is 12.0. The van der Waals surface area contributed by atoms with E-state index in [2.05, 4.69) is 5.32 Å². The number of methoxy groups -OCH3 is 1. The number of anilines is 1. The van der Waals surface area contributed by atoms with Crippen LogP contribution in [0.5, 0.6) is 5.75 Å². The first-order valence-electron chi connectivity index (χ1n) is 5.74. The Morgan fingerprint density at radius 2 is 2.05 bits per heavy atom. The number of nitrogens with one attached hydrogen (secondary N) is 1. The summed E-state index contributed by atoms with van der Waals surface area (Å²) in [4.78, 5) is 22.9. The van der Waals surface area contributed by atoms with Crippen molar-refractivity contribution >= 4 is 17.6 Å². The van der Waals surface area contributed by atoms with Crippen LogP contribution in [0.4, 0.5) is 5.69 Å². The molecule has 0 unspecified atom stereocenters. The summed E-state index contributed by atoms with van der Waals surface area (Å²) in [6.07, 6.45) is 0. The van der Waals surface area contributed by atoms with E-state index in [4.69, 9.17) is 15.6 Å². The van der Waals surface area contributed by atoms with Gasteiger partial charge in [-0.1, -0.05) is 0 Å². The van der Waals surface area contributed by atoms with Crippen LogP contribution in [0.25, 0.3) is 0 Å². The minimum Gasteiger partial charge on any atom is -0.495 e. The Kier molecular flexibility index (Phi) is 4.50. The normalized spacial score (nSPS) is 10.9. The highest BCUT2D eigenvalue weighted by molar-refractivity contribution is 5.98. The lowest BCUT2D eigenvalue weighted by Gasteiger charge is -2.22. The molecule has 0 saturated heterocycles. The molecule has 1 aromatic rings. The number of carboxylic acids is 1.